The van der Waals surface area contributed by atoms with Gasteiger partial charge in [-0.1, -0.05) is 0 Å². The molecule has 1 rings (SSSR count). The summed E-state index contributed by atoms with van der Waals surface area (Å²) in [5.74, 6) is -0.922. The maximum atomic E-state index is 11.3. The van der Waals surface area contributed by atoms with E-state index in [-0.39, 0.29) is 23.5 Å². The van der Waals surface area contributed by atoms with E-state index in [4.69, 9.17) is 5.26 Å². The van der Waals surface area contributed by atoms with Gasteiger partial charge in [-0.05, 0) is 37.1 Å². The van der Waals surface area contributed by atoms with E-state index in [1.165, 1.54) is 12.1 Å². The fourth-order valence-corrected chi connectivity index (χ4v) is 1.41. The van der Waals surface area contributed by atoms with Crippen molar-refractivity contribution in [1.29, 1.82) is 5.26 Å². The number of aliphatic hydroxyl groups is 1. The number of esters is 1. The van der Waals surface area contributed by atoms with Crippen LogP contribution in [0.15, 0.2) is 12.1 Å². The maximum absolute atomic E-state index is 11.3. The first-order valence-electron chi connectivity index (χ1n) is 5.09. The molecule has 0 bridgehead atoms. The molecule has 1 aromatic rings. The summed E-state index contributed by atoms with van der Waals surface area (Å²) in [6, 6.07) is 4.50. The second kappa shape index (κ2) is 5.32. The minimum absolute atomic E-state index is 0.0170. The SMILES string of the molecule is CCOC(=O)C(O)c1cc(C)c(O)c(C#N)c1. The van der Waals surface area contributed by atoms with Crippen molar-refractivity contribution in [2.24, 2.45) is 0 Å². The van der Waals surface area contributed by atoms with Crippen molar-refractivity contribution >= 4 is 5.97 Å². The van der Waals surface area contributed by atoms with Gasteiger partial charge in [-0.25, -0.2) is 4.79 Å². The molecule has 1 unspecified atom stereocenters. The fourth-order valence-electron chi connectivity index (χ4n) is 1.41. The van der Waals surface area contributed by atoms with Crippen LogP contribution in [0.1, 0.15) is 29.7 Å². The Kier molecular flexibility index (Phi) is 4.07. The molecule has 0 saturated heterocycles. The third-order valence-corrected chi connectivity index (χ3v) is 2.27. The van der Waals surface area contributed by atoms with E-state index >= 15 is 0 Å². The van der Waals surface area contributed by atoms with Gasteiger partial charge in [0.15, 0.2) is 6.10 Å². The number of rotatable bonds is 3. The molecule has 0 aliphatic carbocycles. The average Bonchev–Trinajstić information content (AvgIpc) is 2.31. The van der Waals surface area contributed by atoms with Crippen LogP contribution in [0.4, 0.5) is 0 Å². The predicted molar refractivity (Wildman–Crippen MR) is 59.2 cm³/mol. The average molecular weight is 235 g/mol. The lowest BCUT2D eigenvalue weighted by atomic mass is 10.0. The van der Waals surface area contributed by atoms with E-state index < -0.39 is 12.1 Å². The Morgan fingerprint density at radius 2 is 2.24 bits per heavy atom. The third-order valence-electron chi connectivity index (χ3n) is 2.27. The molecule has 0 aliphatic heterocycles. The lowest BCUT2D eigenvalue weighted by Gasteiger charge is -2.12. The van der Waals surface area contributed by atoms with Crippen molar-refractivity contribution in [2.45, 2.75) is 20.0 Å². The molecule has 0 spiro atoms. The van der Waals surface area contributed by atoms with Crippen molar-refractivity contribution in [1.82, 2.24) is 0 Å². The van der Waals surface area contributed by atoms with Crippen LogP contribution in [0.3, 0.4) is 0 Å². The smallest absolute Gasteiger partial charge is 0.339 e. The number of hydrogen-bond acceptors (Lipinski definition) is 5. The zero-order chi connectivity index (χ0) is 13.0. The first kappa shape index (κ1) is 13.0. The van der Waals surface area contributed by atoms with Crippen molar-refractivity contribution in [3.05, 3.63) is 28.8 Å². The Hall–Kier alpha value is -2.06. The number of carbonyl (C=O) groups is 1. The Bertz CT molecular complexity index is 476. The molecular weight excluding hydrogens is 222 g/mol. The molecule has 0 aromatic heterocycles. The van der Waals surface area contributed by atoms with Crippen LogP contribution in [-0.4, -0.2) is 22.8 Å². The molecule has 0 amide bonds. The number of aryl methyl sites for hydroxylation is 1. The molecule has 0 radical (unpaired) electrons. The van der Waals surface area contributed by atoms with Crippen LogP contribution in [0.5, 0.6) is 5.75 Å². The molecule has 90 valence electrons. The molecule has 0 aliphatic rings. The Labute approximate surface area is 98.9 Å². The standard InChI is InChI=1S/C12H13NO4/c1-3-17-12(16)11(15)8-4-7(2)10(14)9(5-8)6-13/h4-5,11,14-15H,3H2,1-2H3. The van der Waals surface area contributed by atoms with Crippen LogP contribution < -0.4 is 0 Å². The number of ether oxygens (including phenoxy) is 1. The minimum Gasteiger partial charge on any atom is -0.506 e. The number of nitriles is 1. The predicted octanol–water partition coefficient (Wildman–Crippen LogP) is 1.17. The highest BCUT2D eigenvalue weighted by Crippen LogP contribution is 2.26. The summed E-state index contributed by atoms with van der Waals surface area (Å²) in [4.78, 5) is 11.3. The highest BCUT2D eigenvalue weighted by atomic mass is 16.5. The normalized spacial score (nSPS) is 11.6. The van der Waals surface area contributed by atoms with Crippen molar-refractivity contribution in [3.8, 4) is 11.8 Å². The highest BCUT2D eigenvalue weighted by molar-refractivity contribution is 5.76. The molecule has 1 aromatic carbocycles. The Balaban J connectivity index is 3.12. The van der Waals surface area contributed by atoms with Crippen molar-refractivity contribution in [3.63, 3.8) is 0 Å². The zero-order valence-electron chi connectivity index (χ0n) is 9.60. The summed E-state index contributed by atoms with van der Waals surface area (Å²) in [5, 5.41) is 28.0. The zero-order valence-corrected chi connectivity index (χ0v) is 9.60. The van der Waals surface area contributed by atoms with Crippen LogP contribution >= 0.6 is 0 Å². The second-order valence-electron chi connectivity index (χ2n) is 3.50. The Morgan fingerprint density at radius 1 is 1.59 bits per heavy atom. The number of nitrogens with zero attached hydrogens (tertiary/aromatic N) is 1. The van der Waals surface area contributed by atoms with E-state index in [0.29, 0.717) is 5.56 Å². The van der Waals surface area contributed by atoms with Crippen LogP contribution in [0.25, 0.3) is 0 Å². The summed E-state index contributed by atoms with van der Waals surface area (Å²) in [5.41, 5.74) is 0.668. The van der Waals surface area contributed by atoms with Crippen LogP contribution in [-0.2, 0) is 9.53 Å². The van der Waals surface area contributed by atoms with E-state index in [9.17, 15) is 15.0 Å². The molecule has 0 heterocycles. The number of aromatic hydroxyl groups is 1. The maximum Gasteiger partial charge on any atom is 0.339 e. The highest BCUT2D eigenvalue weighted by Gasteiger charge is 2.20. The molecule has 5 nitrogen and oxygen atoms in total. The number of benzene rings is 1. The molecule has 0 fully saturated rings. The van der Waals surface area contributed by atoms with Gasteiger partial charge in [0.25, 0.3) is 0 Å². The van der Waals surface area contributed by atoms with Gasteiger partial charge in [0.1, 0.15) is 11.8 Å². The largest absolute Gasteiger partial charge is 0.506 e. The molecule has 5 heteroatoms. The van der Waals surface area contributed by atoms with Crippen LogP contribution in [0.2, 0.25) is 0 Å². The van der Waals surface area contributed by atoms with Gasteiger partial charge in [-0.3, -0.25) is 0 Å². The molecule has 1 atom stereocenters. The third kappa shape index (κ3) is 2.74. The molecule has 17 heavy (non-hydrogen) atoms. The number of hydrogen-bond donors (Lipinski definition) is 2. The summed E-state index contributed by atoms with van der Waals surface area (Å²) >= 11 is 0. The number of phenols is 1. The summed E-state index contributed by atoms with van der Waals surface area (Å²) in [7, 11) is 0. The van der Waals surface area contributed by atoms with Gasteiger partial charge >= 0.3 is 5.97 Å². The van der Waals surface area contributed by atoms with E-state index in [2.05, 4.69) is 4.74 Å². The number of phenolic OH excluding ortho intramolecular Hbond substituents is 1. The van der Waals surface area contributed by atoms with Gasteiger partial charge in [-0.2, -0.15) is 5.26 Å². The van der Waals surface area contributed by atoms with Gasteiger partial charge < -0.3 is 14.9 Å². The molecule has 2 N–H and O–H groups in total. The topological polar surface area (TPSA) is 90.6 Å². The number of aliphatic hydroxyl groups excluding tert-OH is 1. The first-order chi connectivity index (χ1) is 8.01. The van der Waals surface area contributed by atoms with Gasteiger partial charge in [0.05, 0.1) is 12.2 Å². The monoisotopic (exact) mass is 235 g/mol. The molecular formula is C12H13NO4. The van der Waals surface area contributed by atoms with Crippen LogP contribution in [0, 0.1) is 18.3 Å². The summed E-state index contributed by atoms with van der Waals surface area (Å²) in [6.07, 6.45) is -1.44. The second-order valence-corrected chi connectivity index (χ2v) is 3.50. The molecule has 0 saturated carbocycles. The van der Waals surface area contributed by atoms with Gasteiger partial charge in [-0.15, -0.1) is 0 Å². The van der Waals surface area contributed by atoms with E-state index in [1.54, 1.807) is 19.9 Å². The Morgan fingerprint density at radius 3 is 2.76 bits per heavy atom. The fraction of sp³-hybridized carbons (Fsp3) is 0.333. The quantitative estimate of drug-likeness (QED) is 0.767. The number of carbonyl (C=O) groups excluding carboxylic acids is 1. The summed E-state index contributed by atoms with van der Waals surface area (Å²) < 4.78 is 4.67. The van der Waals surface area contributed by atoms with Crippen molar-refractivity contribution < 1.29 is 19.7 Å². The lowest BCUT2D eigenvalue weighted by molar-refractivity contribution is -0.153. The first-order valence-corrected chi connectivity index (χ1v) is 5.09. The summed E-state index contributed by atoms with van der Waals surface area (Å²) in [6.45, 7) is 3.38. The van der Waals surface area contributed by atoms with Crippen molar-refractivity contribution in [2.75, 3.05) is 6.61 Å². The lowest BCUT2D eigenvalue weighted by Crippen LogP contribution is -2.15. The van der Waals surface area contributed by atoms with E-state index in [0.717, 1.165) is 0 Å². The van der Waals surface area contributed by atoms with E-state index in [1.807, 2.05) is 0 Å². The van der Waals surface area contributed by atoms with Gasteiger partial charge in [0, 0.05) is 0 Å². The minimum atomic E-state index is -1.44. The van der Waals surface area contributed by atoms with Gasteiger partial charge in [0.2, 0.25) is 0 Å².